The first kappa shape index (κ1) is 17.4. The van der Waals surface area contributed by atoms with Crippen molar-refractivity contribution in [2.45, 2.75) is 20.4 Å². The van der Waals surface area contributed by atoms with Gasteiger partial charge in [-0.2, -0.15) is 0 Å². The van der Waals surface area contributed by atoms with Crippen molar-refractivity contribution in [3.63, 3.8) is 0 Å². The van der Waals surface area contributed by atoms with Crippen LogP contribution < -0.4 is 9.47 Å². The molecule has 0 bridgehead atoms. The van der Waals surface area contributed by atoms with Crippen LogP contribution in [0.1, 0.15) is 22.3 Å². The van der Waals surface area contributed by atoms with Crippen LogP contribution in [-0.2, 0) is 11.3 Å². The lowest BCUT2D eigenvalue weighted by atomic mass is 10.1. The third-order valence-electron chi connectivity index (χ3n) is 4.15. The van der Waals surface area contributed by atoms with Gasteiger partial charge in [-0.1, -0.05) is 35.4 Å². The van der Waals surface area contributed by atoms with Gasteiger partial charge < -0.3 is 14.4 Å². The number of rotatable bonds is 4. The third kappa shape index (κ3) is 3.97. The zero-order chi connectivity index (χ0) is 18.0. The van der Waals surface area contributed by atoms with Gasteiger partial charge in [-0.15, -0.1) is 0 Å². The molecule has 0 radical (unpaired) electrons. The number of halogens is 1. The van der Waals surface area contributed by atoms with Crippen LogP contribution in [0, 0.1) is 13.8 Å². The molecule has 5 heteroatoms. The van der Waals surface area contributed by atoms with E-state index < -0.39 is 0 Å². The first-order valence-electron chi connectivity index (χ1n) is 8.02. The molecule has 0 unspecified atom stereocenters. The predicted molar refractivity (Wildman–Crippen MR) is 99.0 cm³/mol. The highest BCUT2D eigenvalue weighted by Gasteiger charge is 2.17. The van der Waals surface area contributed by atoms with Crippen molar-refractivity contribution >= 4 is 23.6 Å². The normalized spacial score (nSPS) is 12.6. The summed E-state index contributed by atoms with van der Waals surface area (Å²) in [6, 6.07) is 9.81. The zero-order valence-electron chi connectivity index (χ0n) is 14.5. The molecule has 3 rings (SSSR count). The lowest BCUT2D eigenvalue weighted by Gasteiger charge is -2.17. The summed E-state index contributed by atoms with van der Waals surface area (Å²) in [5, 5.41) is 0.478. The van der Waals surface area contributed by atoms with Crippen molar-refractivity contribution in [2.75, 3.05) is 13.8 Å². The Bertz CT molecular complexity index is 845. The maximum Gasteiger partial charge on any atom is 0.246 e. The van der Waals surface area contributed by atoms with Crippen molar-refractivity contribution < 1.29 is 14.3 Å². The fourth-order valence-corrected chi connectivity index (χ4v) is 3.01. The number of aryl methyl sites for hydroxylation is 2. The minimum atomic E-state index is -0.0752. The summed E-state index contributed by atoms with van der Waals surface area (Å²) in [4.78, 5) is 14.1. The van der Waals surface area contributed by atoms with Crippen LogP contribution in [0.4, 0.5) is 0 Å². The molecule has 0 N–H and O–H groups in total. The Morgan fingerprint density at radius 2 is 2.04 bits per heavy atom. The quantitative estimate of drug-likeness (QED) is 0.763. The van der Waals surface area contributed by atoms with Gasteiger partial charge in [0.2, 0.25) is 12.7 Å². The molecule has 0 fully saturated rings. The maximum atomic E-state index is 12.4. The number of carbonyl (C=O) groups is 1. The van der Waals surface area contributed by atoms with Crippen LogP contribution in [-0.4, -0.2) is 24.6 Å². The highest BCUT2D eigenvalue weighted by atomic mass is 35.5. The molecule has 0 saturated heterocycles. The number of nitrogens with zero attached hydrogens (tertiary/aromatic N) is 1. The van der Waals surface area contributed by atoms with Crippen molar-refractivity contribution in [3.8, 4) is 11.5 Å². The summed E-state index contributed by atoms with van der Waals surface area (Å²) >= 11 is 6.16. The SMILES string of the molecule is Cc1ccc(CN(C)C(=O)/C=C/c2cc(Cl)c3c(c2)OCO3)c(C)c1. The largest absolute Gasteiger partial charge is 0.454 e. The number of hydrogen-bond donors (Lipinski definition) is 0. The van der Waals surface area contributed by atoms with E-state index in [0.717, 1.165) is 11.1 Å². The molecule has 0 aliphatic carbocycles. The van der Waals surface area contributed by atoms with E-state index in [-0.39, 0.29) is 12.7 Å². The van der Waals surface area contributed by atoms with E-state index in [2.05, 4.69) is 32.0 Å². The predicted octanol–water partition coefficient (Wildman–Crippen LogP) is 4.36. The van der Waals surface area contributed by atoms with Gasteiger partial charge in [0.05, 0.1) is 5.02 Å². The Labute approximate surface area is 152 Å². The summed E-state index contributed by atoms with van der Waals surface area (Å²) in [5.74, 6) is 1.08. The van der Waals surface area contributed by atoms with Crippen LogP contribution in [0.5, 0.6) is 11.5 Å². The first-order chi connectivity index (χ1) is 11.9. The highest BCUT2D eigenvalue weighted by Crippen LogP contribution is 2.40. The Morgan fingerprint density at radius 3 is 2.80 bits per heavy atom. The molecule has 2 aromatic carbocycles. The highest BCUT2D eigenvalue weighted by molar-refractivity contribution is 6.32. The standard InChI is InChI=1S/C20H20ClNO3/c1-13-4-6-16(14(2)8-13)11-22(3)19(23)7-5-15-9-17(21)20-18(10-15)24-12-25-20/h4-10H,11-12H2,1-3H3/b7-5+. The molecule has 25 heavy (non-hydrogen) atoms. The van der Waals surface area contributed by atoms with Crippen LogP contribution in [0.15, 0.2) is 36.4 Å². The summed E-state index contributed by atoms with van der Waals surface area (Å²) < 4.78 is 10.6. The first-order valence-corrected chi connectivity index (χ1v) is 8.40. The zero-order valence-corrected chi connectivity index (χ0v) is 15.3. The number of amides is 1. The molecule has 4 nitrogen and oxygen atoms in total. The Balaban J connectivity index is 1.69. The van der Waals surface area contributed by atoms with Crippen LogP contribution in [0.25, 0.3) is 6.08 Å². The van der Waals surface area contributed by atoms with Gasteiger partial charge in [-0.25, -0.2) is 0 Å². The summed E-state index contributed by atoms with van der Waals surface area (Å²) in [7, 11) is 1.79. The molecule has 1 aliphatic rings. The van der Waals surface area contributed by atoms with E-state index in [1.807, 2.05) is 6.07 Å². The van der Waals surface area contributed by atoms with E-state index >= 15 is 0 Å². The third-order valence-corrected chi connectivity index (χ3v) is 4.43. The molecule has 2 aromatic rings. The molecule has 1 aliphatic heterocycles. The fraction of sp³-hybridized carbons (Fsp3) is 0.250. The molecular weight excluding hydrogens is 338 g/mol. The van der Waals surface area contributed by atoms with Gasteiger partial charge in [0, 0.05) is 19.7 Å². The smallest absolute Gasteiger partial charge is 0.246 e. The Kier molecular flexibility index (Phi) is 5.00. The lowest BCUT2D eigenvalue weighted by molar-refractivity contribution is -0.125. The fourth-order valence-electron chi connectivity index (χ4n) is 2.73. The van der Waals surface area contributed by atoms with E-state index in [1.54, 1.807) is 24.1 Å². The average Bonchev–Trinajstić information content (AvgIpc) is 3.04. The van der Waals surface area contributed by atoms with Gasteiger partial charge in [0.1, 0.15) is 0 Å². The van der Waals surface area contributed by atoms with E-state index in [1.165, 1.54) is 17.2 Å². The van der Waals surface area contributed by atoms with Gasteiger partial charge in [0.25, 0.3) is 0 Å². The molecular formula is C20H20ClNO3. The number of hydrogen-bond acceptors (Lipinski definition) is 3. The molecule has 1 amide bonds. The molecule has 130 valence electrons. The summed E-state index contributed by atoms with van der Waals surface area (Å²) in [6.45, 7) is 4.85. The van der Waals surface area contributed by atoms with Gasteiger partial charge in [-0.05, 0) is 48.7 Å². The second-order valence-corrected chi connectivity index (χ2v) is 6.60. The minimum absolute atomic E-state index is 0.0752. The number of carbonyl (C=O) groups excluding carboxylic acids is 1. The monoisotopic (exact) mass is 357 g/mol. The van der Waals surface area contributed by atoms with Gasteiger partial charge in [-0.3, -0.25) is 4.79 Å². The van der Waals surface area contributed by atoms with Crippen molar-refractivity contribution in [1.29, 1.82) is 0 Å². The second-order valence-electron chi connectivity index (χ2n) is 6.19. The van der Waals surface area contributed by atoms with E-state index in [0.29, 0.717) is 23.1 Å². The minimum Gasteiger partial charge on any atom is -0.454 e. The van der Waals surface area contributed by atoms with Crippen molar-refractivity contribution in [1.82, 2.24) is 4.90 Å². The molecule has 0 aromatic heterocycles. The number of likely N-dealkylation sites (N-methyl/N-ethyl adjacent to an activating group) is 1. The topological polar surface area (TPSA) is 38.8 Å². The molecule has 0 saturated carbocycles. The molecule has 0 spiro atoms. The Hall–Kier alpha value is -2.46. The lowest BCUT2D eigenvalue weighted by Crippen LogP contribution is -2.24. The van der Waals surface area contributed by atoms with Gasteiger partial charge >= 0.3 is 0 Å². The number of benzene rings is 2. The maximum absolute atomic E-state index is 12.4. The average molecular weight is 358 g/mol. The summed E-state index contributed by atoms with van der Waals surface area (Å²) in [6.07, 6.45) is 3.27. The number of fused-ring (bicyclic) bond motifs is 1. The Morgan fingerprint density at radius 1 is 1.24 bits per heavy atom. The van der Waals surface area contributed by atoms with Crippen molar-refractivity contribution in [3.05, 3.63) is 63.7 Å². The summed E-state index contributed by atoms with van der Waals surface area (Å²) in [5.41, 5.74) is 4.34. The van der Waals surface area contributed by atoms with Crippen LogP contribution in [0.2, 0.25) is 5.02 Å². The van der Waals surface area contributed by atoms with Crippen molar-refractivity contribution in [2.24, 2.45) is 0 Å². The van der Waals surface area contributed by atoms with Crippen LogP contribution in [0.3, 0.4) is 0 Å². The second kappa shape index (κ2) is 7.19. The van der Waals surface area contributed by atoms with E-state index in [9.17, 15) is 4.79 Å². The van der Waals surface area contributed by atoms with Gasteiger partial charge in [0.15, 0.2) is 11.5 Å². The van der Waals surface area contributed by atoms with Crippen LogP contribution >= 0.6 is 11.6 Å². The van der Waals surface area contributed by atoms with E-state index in [4.69, 9.17) is 21.1 Å². The number of ether oxygens (including phenoxy) is 2. The molecule has 1 heterocycles. The molecule has 0 atom stereocenters.